The van der Waals surface area contributed by atoms with Crippen molar-refractivity contribution < 1.29 is 4.39 Å². The van der Waals surface area contributed by atoms with Crippen LogP contribution in [0.4, 0.5) is 10.1 Å². The molecule has 0 N–H and O–H groups in total. The third-order valence-corrected chi connectivity index (χ3v) is 3.00. The standard InChI is InChI=1S/C13H19ClFN/c1-3-4-5-9-16(2)13-8-6-7-12(15)11(13)10-14/h6-8H,3-5,9-10H2,1-2H3. The minimum Gasteiger partial charge on any atom is -0.374 e. The van der Waals surface area contributed by atoms with Gasteiger partial charge in [0.05, 0.1) is 5.88 Å². The van der Waals surface area contributed by atoms with E-state index in [-0.39, 0.29) is 11.7 Å². The number of hydrogen-bond acceptors (Lipinski definition) is 1. The highest BCUT2D eigenvalue weighted by Crippen LogP contribution is 2.24. The fourth-order valence-corrected chi connectivity index (χ4v) is 2.02. The molecule has 0 spiro atoms. The van der Waals surface area contributed by atoms with E-state index in [1.165, 1.54) is 18.9 Å². The molecule has 90 valence electrons. The lowest BCUT2D eigenvalue weighted by Crippen LogP contribution is -2.20. The van der Waals surface area contributed by atoms with E-state index >= 15 is 0 Å². The Morgan fingerprint density at radius 2 is 2.06 bits per heavy atom. The number of benzene rings is 1. The van der Waals surface area contributed by atoms with E-state index in [1.54, 1.807) is 6.07 Å². The van der Waals surface area contributed by atoms with E-state index in [0.717, 1.165) is 18.7 Å². The normalized spacial score (nSPS) is 10.5. The van der Waals surface area contributed by atoms with Crippen LogP contribution in [0, 0.1) is 5.82 Å². The molecule has 0 atom stereocenters. The predicted octanol–water partition coefficient (Wildman–Crippen LogP) is 4.19. The molecule has 0 aliphatic heterocycles. The SMILES string of the molecule is CCCCCN(C)c1cccc(F)c1CCl. The number of alkyl halides is 1. The Labute approximate surface area is 102 Å². The van der Waals surface area contributed by atoms with Gasteiger partial charge in [-0.1, -0.05) is 25.8 Å². The maximum absolute atomic E-state index is 13.5. The molecular weight excluding hydrogens is 225 g/mol. The van der Waals surface area contributed by atoms with Gasteiger partial charge in [-0.3, -0.25) is 0 Å². The average molecular weight is 244 g/mol. The Kier molecular flexibility index (Phi) is 5.61. The molecule has 16 heavy (non-hydrogen) atoms. The summed E-state index contributed by atoms with van der Waals surface area (Å²) in [5, 5.41) is 0. The first-order valence-corrected chi connectivity index (χ1v) is 6.28. The molecule has 0 amide bonds. The lowest BCUT2D eigenvalue weighted by atomic mass is 10.1. The molecule has 1 nitrogen and oxygen atoms in total. The first-order valence-electron chi connectivity index (χ1n) is 5.75. The zero-order valence-electron chi connectivity index (χ0n) is 9.97. The number of halogens is 2. The molecule has 0 heterocycles. The van der Waals surface area contributed by atoms with Crippen molar-refractivity contribution in [3.05, 3.63) is 29.6 Å². The third kappa shape index (κ3) is 3.38. The van der Waals surface area contributed by atoms with Crippen molar-refractivity contribution in [3.63, 3.8) is 0 Å². The molecule has 0 radical (unpaired) electrons. The second kappa shape index (κ2) is 6.74. The Morgan fingerprint density at radius 3 is 2.69 bits per heavy atom. The topological polar surface area (TPSA) is 3.24 Å². The van der Waals surface area contributed by atoms with Crippen LogP contribution >= 0.6 is 11.6 Å². The molecule has 0 saturated carbocycles. The summed E-state index contributed by atoms with van der Waals surface area (Å²) in [7, 11) is 1.99. The summed E-state index contributed by atoms with van der Waals surface area (Å²) < 4.78 is 13.5. The summed E-state index contributed by atoms with van der Waals surface area (Å²) in [6.45, 7) is 3.12. The van der Waals surface area contributed by atoms with Gasteiger partial charge in [-0.05, 0) is 18.6 Å². The van der Waals surface area contributed by atoms with E-state index in [9.17, 15) is 4.39 Å². The van der Waals surface area contributed by atoms with Gasteiger partial charge in [0.15, 0.2) is 0 Å². The van der Waals surface area contributed by atoms with Crippen LogP contribution in [0.25, 0.3) is 0 Å². The van der Waals surface area contributed by atoms with E-state index in [0.29, 0.717) is 5.56 Å². The van der Waals surface area contributed by atoms with Crippen molar-refractivity contribution in [1.29, 1.82) is 0 Å². The predicted molar refractivity (Wildman–Crippen MR) is 68.8 cm³/mol. The van der Waals surface area contributed by atoms with Crippen LogP contribution in [0.2, 0.25) is 0 Å². The quantitative estimate of drug-likeness (QED) is 0.535. The number of unbranched alkanes of at least 4 members (excludes halogenated alkanes) is 2. The van der Waals surface area contributed by atoms with Crippen LogP contribution in [0.1, 0.15) is 31.7 Å². The van der Waals surface area contributed by atoms with Gasteiger partial charge in [0.25, 0.3) is 0 Å². The Bertz CT molecular complexity index is 328. The van der Waals surface area contributed by atoms with Gasteiger partial charge in [0, 0.05) is 24.8 Å². The maximum Gasteiger partial charge on any atom is 0.129 e. The largest absolute Gasteiger partial charge is 0.374 e. The fourth-order valence-electron chi connectivity index (χ4n) is 1.76. The van der Waals surface area contributed by atoms with E-state index in [4.69, 9.17) is 11.6 Å². The number of nitrogens with zero attached hydrogens (tertiary/aromatic N) is 1. The summed E-state index contributed by atoms with van der Waals surface area (Å²) in [5.41, 5.74) is 1.51. The van der Waals surface area contributed by atoms with E-state index in [2.05, 4.69) is 11.8 Å². The molecule has 1 rings (SSSR count). The molecule has 0 aromatic heterocycles. The second-order valence-electron chi connectivity index (χ2n) is 4.00. The lowest BCUT2D eigenvalue weighted by molar-refractivity contribution is 0.615. The van der Waals surface area contributed by atoms with Crippen molar-refractivity contribution >= 4 is 17.3 Å². The number of hydrogen-bond donors (Lipinski definition) is 0. The minimum absolute atomic E-state index is 0.213. The van der Waals surface area contributed by atoms with E-state index in [1.807, 2.05) is 13.1 Å². The van der Waals surface area contributed by atoms with Crippen molar-refractivity contribution in [2.24, 2.45) is 0 Å². The van der Waals surface area contributed by atoms with Crippen LogP contribution in [0.15, 0.2) is 18.2 Å². The molecule has 1 aromatic carbocycles. The second-order valence-corrected chi connectivity index (χ2v) is 4.27. The van der Waals surface area contributed by atoms with Gasteiger partial charge >= 0.3 is 0 Å². The highest BCUT2D eigenvalue weighted by Gasteiger charge is 2.10. The molecule has 0 unspecified atom stereocenters. The zero-order valence-corrected chi connectivity index (χ0v) is 10.7. The van der Waals surface area contributed by atoms with Crippen LogP contribution in [0.3, 0.4) is 0 Å². The zero-order chi connectivity index (χ0) is 12.0. The molecule has 0 saturated heterocycles. The van der Waals surface area contributed by atoms with Crippen molar-refractivity contribution in [2.45, 2.75) is 32.1 Å². The van der Waals surface area contributed by atoms with Crippen molar-refractivity contribution in [1.82, 2.24) is 0 Å². The Morgan fingerprint density at radius 1 is 1.31 bits per heavy atom. The van der Waals surface area contributed by atoms with E-state index < -0.39 is 0 Å². The van der Waals surface area contributed by atoms with Gasteiger partial charge in [-0.2, -0.15) is 0 Å². The molecule has 0 fully saturated rings. The summed E-state index contributed by atoms with van der Waals surface area (Å²) in [4.78, 5) is 2.08. The van der Waals surface area contributed by atoms with Crippen molar-refractivity contribution in [3.8, 4) is 0 Å². The molecule has 0 aliphatic rings. The van der Waals surface area contributed by atoms with Gasteiger partial charge in [0.2, 0.25) is 0 Å². The minimum atomic E-state index is -0.213. The van der Waals surface area contributed by atoms with Gasteiger partial charge < -0.3 is 4.90 Å². The third-order valence-electron chi connectivity index (χ3n) is 2.74. The summed E-state index contributed by atoms with van der Waals surface area (Å²) >= 11 is 5.78. The summed E-state index contributed by atoms with van der Waals surface area (Å²) in [6.07, 6.45) is 3.53. The maximum atomic E-state index is 13.5. The molecule has 3 heteroatoms. The lowest BCUT2D eigenvalue weighted by Gasteiger charge is -2.22. The van der Waals surface area contributed by atoms with Gasteiger partial charge in [-0.25, -0.2) is 4.39 Å². The Balaban J connectivity index is 2.74. The number of rotatable bonds is 6. The first-order chi connectivity index (χ1) is 7.70. The highest BCUT2D eigenvalue weighted by atomic mass is 35.5. The smallest absolute Gasteiger partial charge is 0.129 e. The molecule has 1 aromatic rings. The number of anilines is 1. The van der Waals surface area contributed by atoms with Crippen LogP contribution in [-0.2, 0) is 5.88 Å². The molecule has 0 bridgehead atoms. The van der Waals surface area contributed by atoms with Gasteiger partial charge in [0.1, 0.15) is 5.82 Å². The Hall–Kier alpha value is -0.760. The summed E-state index contributed by atoms with van der Waals surface area (Å²) in [5.74, 6) is 0.00924. The van der Waals surface area contributed by atoms with Crippen LogP contribution in [-0.4, -0.2) is 13.6 Å². The molecular formula is C13H19ClFN. The fraction of sp³-hybridized carbons (Fsp3) is 0.538. The van der Waals surface area contributed by atoms with Crippen molar-refractivity contribution in [2.75, 3.05) is 18.5 Å². The van der Waals surface area contributed by atoms with Gasteiger partial charge in [-0.15, -0.1) is 11.6 Å². The monoisotopic (exact) mass is 243 g/mol. The first kappa shape index (κ1) is 13.3. The average Bonchev–Trinajstić information content (AvgIpc) is 2.29. The summed E-state index contributed by atoms with van der Waals surface area (Å²) in [6, 6.07) is 5.12. The van der Waals surface area contributed by atoms with Crippen LogP contribution in [0.5, 0.6) is 0 Å². The molecule has 0 aliphatic carbocycles. The van der Waals surface area contributed by atoms with Crippen LogP contribution < -0.4 is 4.90 Å². The highest BCUT2D eigenvalue weighted by molar-refractivity contribution is 6.17.